The molecule has 0 atom stereocenters. The van der Waals surface area contributed by atoms with E-state index in [-0.39, 0.29) is 6.09 Å². The molecule has 0 spiro atoms. The summed E-state index contributed by atoms with van der Waals surface area (Å²) in [7, 11) is 1.77. The molecule has 0 aromatic heterocycles. The van der Waals surface area contributed by atoms with Crippen molar-refractivity contribution in [3.05, 3.63) is 29.3 Å². The van der Waals surface area contributed by atoms with Crippen molar-refractivity contribution in [3.63, 3.8) is 0 Å². The number of para-hydroxylation sites is 1. The summed E-state index contributed by atoms with van der Waals surface area (Å²) in [5.74, 6) is 0. The Morgan fingerprint density at radius 1 is 1.42 bits per heavy atom. The standard InChI is InChI=1S/C15H22N2O2/c1-15(2,3)19-14(18)17(4)10-12-7-5-6-11-8-9-16-13(11)12/h5-7,16H,8-10H2,1-4H3. The molecule has 0 fully saturated rings. The molecule has 0 radical (unpaired) electrons. The van der Waals surface area contributed by atoms with Crippen LogP contribution in [0.1, 0.15) is 31.9 Å². The van der Waals surface area contributed by atoms with E-state index in [1.807, 2.05) is 26.8 Å². The van der Waals surface area contributed by atoms with E-state index in [4.69, 9.17) is 4.74 Å². The first-order valence-corrected chi connectivity index (χ1v) is 6.65. The van der Waals surface area contributed by atoms with Crippen molar-refractivity contribution in [1.82, 2.24) is 4.90 Å². The largest absolute Gasteiger partial charge is 0.444 e. The molecule has 4 nitrogen and oxygen atoms in total. The second-order valence-electron chi connectivity index (χ2n) is 5.96. The van der Waals surface area contributed by atoms with Crippen LogP contribution < -0.4 is 5.32 Å². The third-order valence-corrected chi connectivity index (χ3v) is 3.05. The van der Waals surface area contributed by atoms with Gasteiger partial charge in [0.15, 0.2) is 0 Å². The molecular formula is C15H22N2O2. The molecular weight excluding hydrogens is 240 g/mol. The van der Waals surface area contributed by atoms with E-state index in [0.717, 1.165) is 18.5 Å². The Morgan fingerprint density at radius 2 is 2.16 bits per heavy atom. The first kappa shape index (κ1) is 13.7. The summed E-state index contributed by atoms with van der Waals surface area (Å²) >= 11 is 0. The highest BCUT2D eigenvalue weighted by atomic mass is 16.6. The molecule has 0 bridgehead atoms. The van der Waals surface area contributed by atoms with Gasteiger partial charge in [0.2, 0.25) is 0 Å². The van der Waals surface area contributed by atoms with E-state index in [9.17, 15) is 4.79 Å². The van der Waals surface area contributed by atoms with Crippen LogP contribution in [0.5, 0.6) is 0 Å². The van der Waals surface area contributed by atoms with E-state index < -0.39 is 5.60 Å². The number of carbonyl (C=O) groups excluding carboxylic acids is 1. The zero-order chi connectivity index (χ0) is 14.0. The maximum Gasteiger partial charge on any atom is 0.410 e. The minimum Gasteiger partial charge on any atom is -0.444 e. The highest BCUT2D eigenvalue weighted by molar-refractivity contribution is 5.69. The molecule has 1 amide bonds. The van der Waals surface area contributed by atoms with Gasteiger partial charge in [-0.3, -0.25) is 0 Å². The second kappa shape index (κ2) is 5.11. The topological polar surface area (TPSA) is 41.6 Å². The van der Waals surface area contributed by atoms with Gasteiger partial charge in [-0.15, -0.1) is 0 Å². The second-order valence-corrected chi connectivity index (χ2v) is 5.96. The minimum atomic E-state index is -0.456. The van der Waals surface area contributed by atoms with Crippen molar-refractivity contribution in [2.45, 2.75) is 39.3 Å². The number of nitrogens with zero attached hydrogens (tertiary/aromatic N) is 1. The van der Waals surface area contributed by atoms with Crippen molar-refractivity contribution >= 4 is 11.8 Å². The number of ether oxygens (including phenoxy) is 1. The molecule has 104 valence electrons. The summed E-state index contributed by atoms with van der Waals surface area (Å²) in [4.78, 5) is 13.6. The first-order valence-electron chi connectivity index (χ1n) is 6.65. The monoisotopic (exact) mass is 262 g/mol. The Balaban J connectivity index is 2.05. The van der Waals surface area contributed by atoms with E-state index in [0.29, 0.717) is 6.54 Å². The molecule has 2 rings (SSSR count). The Kier molecular flexibility index (Phi) is 3.69. The van der Waals surface area contributed by atoms with Crippen LogP contribution in [0.3, 0.4) is 0 Å². The SMILES string of the molecule is CN(Cc1cccc2c1NCC2)C(=O)OC(C)(C)C. The third kappa shape index (κ3) is 3.40. The fourth-order valence-electron chi connectivity index (χ4n) is 2.20. The van der Waals surface area contributed by atoms with Gasteiger partial charge in [-0.2, -0.15) is 0 Å². The number of benzene rings is 1. The number of hydrogen-bond acceptors (Lipinski definition) is 3. The molecule has 0 saturated heterocycles. The molecule has 1 heterocycles. The van der Waals surface area contributed by atoms with Crippen LogP contribution in [0.25, 0.3) is 0 Å². The van der Waals surface area contributed by atoms with Gasteiger partial charge < -0.3 is 15.0 Å². The van der Waals surface area contributed by atoms with E-state index in [2.05, 4.69) is 17.4 Å². The van der Waals surface area contributed by atoms with E-state index in [1.165, 1.54) is 11.3 Å². The number of anilines is 1. The predicted octanol–water partition coefficient (Wildman–Crippen LogP) is 3.02. The van der Waals surface area contributed by atoms with Gasteiger partial charge in [-0.25, -0.2) is 4.79 Å². The fourth-order valence-corrected chi connectivity index (χ4v) is 2.20. The molecule has 1 aliphatic rings. The Hall–Kier alpha value is -1.71. The van der Waals surface area contributed by atoms with Crippen molar-refractivity contribution in [2.75, 3.05) is 18.9 Å². The number of hydrogen-bond donors (Lipinski definition) is 1. The van der Waals surface area contributed by atoms with Gasteiger partial charge in [0.25, 0.3) is 0 Å². The van der Waals surface area contributed by atoms with Crippen molar-refractivity contribution in [2.24, 2.45) is 0 Å². The van der Waals surface area contributed by atoms with E-state index >= 15 is 0 Å². The fraction of sp³-hybridized carbons (Fsp3) is 0.533. The lowest BCUT2D eigenvalue weighted by molar-refractivity contribution is 0.0285. The lowest BCUT2D eigenvalue weighted by Gasteiger charge is -2.25. The Labute approximate surface area is 114 Å². The first-order chi connectivity index (χ1) is 8.87. The zero-order valence-corrected chi connectivity index (χ0v) is 12.1. The maximum atomic E-state index is 11.9. The summed E-state index contributed by atoms with van der Waals surface area (Å²) in [5.41, 5.74) is 3.19. The summed E-state index contributed by atoms with van der Waals surface area (Å²) in [6.07, 6.45) is 0.766. The predicted molar refractivity (Wildman–Crippen MR) is 76.3 cm³/mol. The van der Waals surface area contributed by atoms with Gasteiger partial charge in [0.05, 0.1) is 6.54 Å². The average molecular weight is 262 g/mol. The number of rotatable bonds is 2. The highest BCUT2D eigenvalue weighted by Gasteiger charge is 2.21. The molecule has 0 saturated carbocycles. The lowest BCUT2D eigenvalue weighted by atomic mass is 10.1. The number of amides is 1. The molecule has 0 aliphatic carbocycles. The van der Waals surface area contributed by atoms with Crippen LogP contribution >= 0.6 is 0 Å². The average Bonchev–Trinajstić information content (AvgIpc) is 2.75. The van der Waals surface area contributed by atoms with Crippen LogP contribution in [0, 0.1) is 0 Å². The number of carbonyl (C=O) groups is 1. The quantitative estimate of drug-likeness (QED) is 0.890. The molecule has 1 aliphatic heterocycles. The number of fused-ring (bicyclic) bond motifs is 1. The Morgan fingerprint density at radius 3 is 2.84 bits per heavy atom. The van der Waals surface area contributed by atoms with Gasteiger partial charge >= 0.3 is 6.09 Å². The third-order valence-electron chi connectivity index (χ3n) is 3.05. The van der Waals surface area contributed by atoms with Crippen molar-refractivity contribution < 1.29 is 9.53 Å². The van der Waals surface area contributed by atoms with Crippen LogP contribution in [-0.4, -0.2) is 30.2 Å². The normalized spacial score (nSPS) is 13.7. The van der Waals surface area contributed by atoms with Crippen LogP contribution in [0.15, 0.2) is 18.2 Å². The van der Waals surface area contributed by atoms with Crippen LogP contribution in [0.2, 0.25) is 0 Å². The van der Waals surface area contributed by atoms with Crippen molar-refractivity contribution in [3.8, 4) is 0 Å². The van der Waals surface area contributed by atoms with Gasteiger partial charge in [0.1, 0.15) is 5.60 Å². The molecule has 1 N–H and O–H groups in total. The summed E-state index contributed by atoms with van der Waals surface area (Å²) in [6, 6.07) is 6.23. The lowest BCUT2D eigenvalue weighted by Crippen LogP contribution is -2.33. The van der Waals surface area contributed by atoms with Gasteiger partial charge in [-0.1, -0.05) is 18.2 Å². The van der Waals surface area contributed by atoms with Crippen LogP contribution in [0.4, 0.5) is 10.5 Å². The van der Waals surface area contributed by atoms with Crippen molar-refractivity contribution in [1.29, 1.82) is 0 Å². The summed E-state index contributed by atoms with van der Waals surface area (Å²) < 4.78 is 5.36. The smallest absolute Gasteiger partial charge is 0.410 e. The molecule has 19 heavy (non-hydrogen) atoms. The highest BCUT2D eigenvalue weighted by Crippen LogP contribution is 2.27. The maximum absolute atomic E-state index is 11.9. The summed E-state index contributed by atoms with van der Waals surface area (Å²) in [5, 5.41) is 3.38. The number of nitrogens with one attached hydrogen (secondary N) is 1. The molecule has 1 aromatic carbocycles. The summed E-state index contributed by atoms with van der Waals surface area (Å²) in [6.45, 7) is 7.16. The molecule has 0 unspecified atom stereocenters. The molecule has 4 heteroatoms. The van der Waals surface area contributed by atoms with Gasteiger partial charge in [-0.05, 0) is 38.3 Å². The van der Waals surface area contributed by atoms with Crippen LogP contribution in [-0.2, 0) is 17.7 Å². The zero-order valence-electron chi connectivity index (χ0n) is 12.1. The molecule has 1 aromatic rings. The van der Waals surface area contributed by atoms with E-state index in [1.54, 1.807) is 11.9 Å². The minimum absolute atomic E-state index is 0.289. The Bertz CT molecular complexity index is 478. The van der Waals surface area contributed by atoms with Gasteiger partial charge in [0, 0.05) is 19.3 Å².